The number of carbonyl (C=O) groups excluding carboxylic acids is 1. The van der Waals surface area contributed by atoms with Crippen molar-refractivity contribution in [3.8, 4) is 11.5 Å². The Morgan fingerprint density at radius 3 is 2.40 bits per heavy atom. The van der Waals surface area contributed by atoms with Crippen LogP contribution in [0.1, 0.15) is 94.6 Å². The highest BCUT2D eigenvalue weighted by Crippen LogP contribution is 2.22. The van der Waals surface area contributed by atoms with E-state index in [0.717, 1.165) is 55.6 Å². The molecule has 1 aliphatic rings. The van der Waals surface area contributed by atoms with Crippen LogP contribution in [0.15, 0.2) is 59.7 Å². The normalized spacial score (nSPS) is 15.6. The van der Waals surface area contributed by atoms with Crippen molar-refractivity contribution in [2.75, 3.05) is 32.9 Å². The highest BCUT2D eigenvalue weighted by molar-refractivity contribution is 5.84. The second kappa shape index (κ2) is 21.5. The standard InChI is InChI=1S/C35H50N2O5/c38-23-20-31(30-15-9-8-10-16-30)28-36-21-22-37-29-32-27-33(18-19-34(32)39)40-24-12-6-4-2-1-3-5-7-13-25-41-35-17-11-14-26-42-35/h8-10,15-16,18-19,23,27-29,35-36,39H,1-7,11-14,17,20-22,24-26H2/b31-28+,37-29?. The van der Waals surface area contributed by atoms with E-state index in [4.69, 9.17) is 14.2 Å². The number of aldehydes is 1. The van der Waals surface area contributed by atoms with E-state index in [1.165, 1.54) is 57.8 Å². The largest absolute Gasteiger partial charge is 0.507 e. The van der Waals surface area contributed by atoms with E-state index in [-0.39, 0.29) is 12.0 Å². The van der Waals surface area contributed by atoms with Gasteiger partial charge in [0, 0.05) is 44.2 Å². The summed E-state index contributed by atoms with van der Waals surface area (Å²) < 4.78 is 17.3. The molecular weight excluding hydrogens is 528 g/mol. The van der Waals surface area contributed by atoms with Crippen molar-refractivity contribution in [1.82, 2.24) is 5.32 Å². The Labute approximate surface area is 252 Å². The number of aromatic hydroxyl groups is 1. The summed E-state index contributed by atoms with van der Waals surface area (Å²) in [5.74, 6) is 0.928. The molecule has 2 aromatic rings. The first-order chi connectivity index (χ1) is 20.8. The zero-order valence-corrected chi connectivity index (χ0v) is 25.2. The van der Waals surface area contributed by atoms with E-state index in [1.807, 2.05) is 42.6 Å². The van der Waals surface area contributed by atoms with Gasteiger partial charge < -0.3 is 29.4 Å². The number of rotatable bonds is 22. The van der Waals surface area contributed by atoms with E-state index in [1.54, 1.807) is 18.3 Å². The Bertz CT molecular complexity index is 1050. The van der Waals surface area contributed by atoms with Crippen LogP contribution in [0.25, 0.3) is 5.57 Å². The fourth-order valence-electron chi connectivity index (χ4n) is 4.90. The molecule has 2 N–H and O–H groups in total. The molecule has 42 heavy (non-hydrogen) atoms. The van der Waals surface area contributed by atoms with Crippen molar-refractivity contribution in [3.63, 3.8) is 0 Å². The lowest BCUT2D eigenvalue weighted by Crippen LogP contribution is -2.22. The maximum atomic E-state index is 11.0. The van der Waals surface area contributed by atoms with E-state index >= 15 is 0 Å². The number of unbranched alkanes of at least 4 members (excludes halogenated alkanes) is 8. The van der Waals surface area contributed by atoms with Gasteiger partial charge in [-0.1, -0.05) is 75.3 Å². The van der Waals surface area contributed by atoms with Crippen LogP contribution in [-0.4, -0.2) is 56.8 Å². The Morgan fingerprint density at radius 1 is 0.952 bits per heavy atom. The van der Waals surface area contributed by atoms with Gasteiger partial charge in [0.1, 0.15) is 17.8 Å². The Hall–Kier alpha value is -3.16. The average molecular weight is 579 g/mol. The molecule has 0 spiro atoms. The fourth-order valence-corrected chi connectivity index (χ4v) is 4.90. The molecule has 2 aromatic carbocycles. The molecule has 0 aromatic heterocycles. The van der Waals surface area contributed by atoms with Crippen LogP contribution in [0.2, 0.25) is 0 Å². The number of hydrogen-bond acceptors (Lipinski definition) is 7. The molecule has 1 unspecified atom stereocenters. The first kappa shape index (κ1) is 33.3. The Balaban J connectivity index is 1.20. The van der Waals surface area contributed by atoms with Gasteiger partial charge in [-0.3, -0.25) is 4.99 Å². The molecular formula is C35H50N2O5. The van der Waals surface area contributed by atoms with Crippen LogP contribution in [-0.2, 0) is 14.3 Å². The van der Waals surface area contributed by atoms with E-state index in [0.29, 0.717) is 31.7 Å². The van der Waals surface area contributed by atoms with Gasteiger partial charge in [0.05, 0.1) is 13.2 Å². The lowest BCUT2D eigenvalue weighted by atomic mass is 10.0. The fraction of sp³-hybridized carbons (Fsp3) is 0.543. The molecule has 7 nitrogen and oxygen atoms in total. The summed E-state index contributed by atoms with van der Waals surface area (Å²) >= 11 is 0. The number of carbonyl (C=O) groups is 1. The van der Waals surface area contributed by atoms with Crippen molar-refractivity contribution in [3.05, 3.63) is 65.9 Å². The summed E-state index contributed by atoms with van der Waals surface area (Å²) in [5, 5.41) is 13.4. The lowest BCUT2D eigenvalue weighted by molar-refractivity contribution is -0.162. The SMILES string of the molecule is O=CC/C(=C\NCCN=Cc1cc(OCCCCCCCCCCCOC2CCCCO2)ccc1O)c1ccccc1. The summed E-state index contributed by atoms with van der Waals surface area (Å²) in [6.45, 7) is 3.51. The van der Waals surface area contributed by atoms with Crippen LogP contribution in [0.4, 0.5) is 0 Å². The number of nitrogens with one attached hydrogen (secondary N) is 1. The quantitative estimate of drug-likeness (QED) is 0.0856. The summed E-state index contributed by atoms with van der Waals surface area (Å²) in [5.41, 5.74) is 2.61. The van der Waals surface area contributed by atoms with Gasteiger partial charge in [-0.05, 0) is 61.4 Å². The molecule has 3 rings (SSSR count). The number of aliphatic imine (C=N–C) groups is 1. The van der Waals surface area contributed by atoms with E-state index in [2.05, 4.69) is 10.3 Å². The zero-order valence-electron chi connectivity index (χ0n) is 25.2. The number of nitrogens with zero attached hydrogens (tertiary/aromatic N) is 1. The van der Waals surface area contributed by atoms with Crippen molar-refractivity contribution in [2.45, 2.75) is 89.8 Å². The zero-order chi connectivity index (χ0) is 29.5. The van der Waals surface area contributed by atoms with Gasteiger partial charge >= 0.3 is 0 Å². The number of benzene rings is 2. The van der Waals surface area contributed by atoms with E-state index in [9.17, 15) is 9.90 Å². The molecule has 0 bridgehead atoms. The average Bonchev–Trinajstić information content (AvgIpc) is 3.02. The third-order valence-corrected chi connectivity index (χ3v) is 7.34. The van der Waals surface area contributed by atoms with Crippen molar-refractivity contribution < 1.29 is 24.1 Å². The first-order valence-corrected chi connectivity index (χ1v) is 15.9. The molecule has 0 saturated carbocycles. The minimum Gasteiger partial charge on any atom is -0.507 e. The van der Waals surface area contributed by atoms with Crippen LogP contribution < -0.4 is 10.1 Å². The second-order valence-corrected chi connectivity index (χ2v) is 10.8. The second-order valence-electron chi connectivity index (χ2n) is 10.8. The number of allylic oxidation sites excluding steroid dienone is 1. The topological polar surface area (TPSA) is 89.4 Å². The smallest absolute Gasteiger partial charge is 0.157 e. The predicted octanol–water partition coefficient (Wildman–Crippen LogP) is 7.46. The first-order valence-electron chi connectivity index (χ1n) is 15.9. The molecule has 0 amide bonds. The van der Waals surface area contributed by atoms with Gasteiger partial charge in [-0.15, -0.1) is 0 Å². The number of phenols is 1. The van der Waals surface area contributed by atoms with Crippen molar-refractivity contribution in [1.29, 1.82) is 0 Å². The maximum absolute atomic E-state index is 11.0. The maximum Gasteiger partial charge on any atom is 0.157 e. The van der Waals surface area contributed by atoms with Crippen LogP contribution in [0.3, 0.4) is 0 Å². The monoisotopic (exact) mass is 578 g/mol. The summed E-state index contributed by atoms with van der Waals surface area (Å²) in [7, 11) is 0. The van der Waals surface area contributed by atoms with Gasteiger partial charge in [-0.2, -0.15) is 0 Å². The highest BCUT2D eigenvalue weighted by Gasteiger charge is 2.13. The molecule has 0 aliphatic carbocycles. The third-order valence-electron chi connectivity index (χ3n) is 7.34. The summed E-state index contributed by atoms with van der Waals surface area (Å²) in [6.07, 6.45) is 19.3. The summed E-state index contributed by atoms with van der Waals surface area (Å²) in [4.78, 5) is 15.5. The van der Waals surface area contributed by atoms with Gasteiger partial charge in [0.2, 0.25) is 0 Å². The van der Waals surface area contributed by atoms with Gasteiger partial charge in [-0.25, -0.2) is 0 Å². The highest BCUT2D eigenvalue weighted by atomic mass is 16.7. The molecule has 1 saturated heterocycles. The van der Waals surface area contributed by atoms with Gasteiger partial charge in [0.15, 0.2) is 6.29 Å². The molecule has 1 atom stereocenters. The minimum atomic E-state index is 0.0463. The van der Waals surface area contributed by atoms with Crippen LogP contribution in [0, 0.1) is 0 Å². The minimum absolute atomic E-state index is 0.0463. The van der Waals surface area contributed by atoms with Crippen molar-refractivity contribution in [2.24, 2.45) is 4.99 Å². The molecule has 230 valence electrons. The molecule has 1 aliphatic heterocycles. The predicted molar refractivity (Wildman–Crippen MR) is 170 cm³/mol. The molecule has 1 heterocycles. The van der Waals surface area contributed by atoms with Gasteiger partial charge in [0.25, 0.3) is 0 Å². The molecule has 7 heteroatoms. The Morgan fingerprint density at radius 2 is 1.69 bits per heavy atom. The Kier molecular flexibility index (Phi) is 17.1. The lowest BCUT2D eigenvalue weighted by Gasteiger charge is -2.22. The number of phenolic OH excluding ortho intramolecular Hbond substituents is 1. The van der Waals surface area contributed by atoms with Crippen molar-refractivity contribution >= 4 is 18.1 Å². The molecule has 0 radical (unpaired) electrons. The number of hydrogen-bond donors (Lipinski definition) is 2. The summed E-state index contributed by atoms with van der Waals surface area (Å²) in [6, 6.07) is 15.1. The van der Waals surface area contributed by atoms with Crippen LogP contribution >= 0.6 is 0 Å². The van der Waals surface area contributed by atoms with E-state index < -0.39 is 0 Å². The molecule has 1 fully saturated rings. The third kappa shape index (κ3) is 14.1. The number of ether oxygens (including phenoxy) is 3. The van der Waals surface area contributed by atoms with Crippen LogP contribution in [0.5, 0.6) is 11.5 Å².